The third kappa shape index (κ3) is 5.31. The Labute approximate surface area is 211 Å². The number of fused-ring (bicyclic) bond motifs is 3. The number of para-hydroxylation sites is 1. The molecular weight excluding hydrogens is 494 g/mol. The van der Waals surface area contributed by atoms with E-state index in [4.69, 9.17) is 0 Å². The van der Waals surface area contributed by atoms with Gasteiger partial charge in [-0.3, -0.25) is 9.29 Å². The summed E-state index contributed by atoms with van der Waals surface area (Å²) in [5.41, 5.74) is 1.73. The number of anilines is 1. The molecule has 1 fully saturated rings. The molecule has 0 saturated carbocycles. The second-order valence-corrected chi connectivity index (χ2v) is 10.1. The van der Waals surface area contributed by atoms with Crippen molar-refractivity contribution in [3.05, 3.63) is 64.9 Å². The Morgan fingerprint density at radius 1 is 1.11 bits per heavy atom. The van der Waals surface area contributed by atoms with E-state index < -0.39 is 48.7 Å². The van der Waals surface area contributed by atoms with Crippen molar-refractivity contribution in [2.45, 2.75) is 50.5 Å². The Kier molecular flexibility index (Phi) is 7.15. The Morgan fingerprint density at radius 2 is 1.84 bits per heavy atom. The zero-order valence-electron chi connectivity index (χ0n) is 20.5. The largest absolute Gasteiger partial charge is 0.401 e. The van der Waals surface area contributed by atoms with Crippen LogP contribution in [0, 0.1) is 11.6 Å². The van der Waals surface area contributed by atoms with Gasteiger partial charge >= 0.3 is 6.18 Å². The van der Waals surface area contributed by atoms with Crippen molar-refractivity contribution in [1.82, 2.24) is 14.8 Å². The first kappa shape index (κ1) is 25.9. The predicted octanol–water partition coefficient (Wildman–Crippen LogP) is 6.19. The van der Waals surface area contributed by atoms with Crippen LogP contribution in [0.3, 0.4) is 0 Å². The van der Waals surface area contributed by atoms with Crippen LogP contribution < -0.4 is 5.32 Å². The molecule has 2 aliphatic heterocycles. The second-order valence-electron chi connectivity index (χ2n) is 10.1. The molecule has 3 aromatic rings. The molecular formula is C27H30F6N4. The van der Waals surface area contributed by atoms with E-state index in [2.05, 4.69) is 15.2 Å². The number of benzene rings is 2. The average Bonchev–Trinajstić information content (AvgIpc) is 3.42. The summed E-state index contributed by atoms with van der Waals surface area (Å²) < 4.78 is 84.6. The van der Waals surface area contributed by atoms with E-state index in [-0.39, 0.29) is 11.7 Å². The molecule has 0 aliphatic carbocycles. The molecule has 4 nitrogen and oxygen atoms in total. The highest BCUT2D eigenvalue weighted by molar-refractivity contribution is 5.85. The highest BCUT2D eigenvalue weighted by Gasteiger charge is 2.43. The molecule has 10 heteroatoms. The van der Waals surface area contributed by atoms with Crippen molar-refractivity contribution in [2.75, 3.05) is 38.2 Å². The SMILES string of the molecule is C[C@@H]1Cc2c([nH]c3ccccc23)[C@H](c2c(F)cc(N[C@@H]3CCN(CCCF)C3)cc2F)N1CC(F)(F)F. The van der Waals surface area contributed by atoms with Crippen LogP contribution >= 0.6 is 0 Å². The Hall–Kier alpha value is -2.72. The molecule has 0 spiro atoms. The van der Waals surface area contributed by atoms with Gasteiger partial charge in [0, 0.05) is 59.6 Å². The fourth-order valence-electron chi connectivity index (χ4n) is 5.87. The molecule has 1 aromatic heterocycles. The van der Waals surface area contributed by atoms with Crippen LogP contribution in [0.4, 0.5) is 32.0 Å². The summed E-state index contributed by atoms with van der Waals surface area (Å²) in [7, 11) is 0. The number of nitrogens with zero attached hydrogens (tertiary/aromatic N) is 2. The number of likely N-dealkylation sites (tertiary alicyclic amines) is 1. The molecule has 0 radical (unpaired) electrons. The van der Waals surface area contributed by atoms with E-state index >= 15 is 8.78 Å². The number of hydrogen-bond donors (Lipinski definition) is 2. The van der Waals surface area contributed by atoms with Gasteiger partial charge in [0.1, 0.15) is 11.6 Å². The minimum Gasteiger partial charge on any atom is -0.381 e. The minimum absolute atomic E-state index is 0.0546. The van der Waals surface area contributed by atoms with Gasteiger partial charge in [-0.2, -0.15) is 13.2 Å². The molecule has 0 bridgehead atoms. The molecule has 0 unspecified atom stereocenters. The Bertz CT molecular complexity index is 1230. The van der Waals surface area contributed by atoms with E-state index in [0.717, 1.165) is 46.5 Å². The van der Waals surface area contributed by atoms with Crippen molar-refractivity contribution >= 4 is 16.6 Å². The van der Waals surface area contributed by atoms with Gasteiger partial charge in [0.05, 0.1) is 19.3 Å². The molecule has 200 valence electrons. The van der Waals surface area contributed by atoms with Crippen LogP contribution in [0.1, 0.15) is 42.6 Å². The van der Waals surface area contributed by atoms with Crippen molar-refractivity contribution < 1.29 is 26.3 Å². The summed E-state index contributed by atoms with van der Waals surface area (Å²) in [6, 6.07) is 7.73. The van der Waals surface area contributed by atoms with E-state index in [9.17, 15) is 17.6 Å². The van der Waals surface area contributed by atoms with E-state index in [1.807, 2.05) is 18.2 Å². The van der Waals surface area contributed by atoms with Crippen molar-refractivity contribution in [2.24, 2.45) is 0 Å². The number of aromatic nitrogens is 1. The summed E-state index contributed by atoms with van der Waals surface area (Å²) in [4.78, 5) is 6.38. The summed E-state index contributed by atoms with van der Waals surface area (Å²) in [5, 5.41) is 3.99. The third-order valence-electron chi connectivity index (χ3n) is 7.48. The number of rotatable bonds is 7. The van der Waals surface area contributed by atoms with E-state index in [0.29, 0.717) is 31.6 Å². The average molecular weight is 525 g/mol. The van der Waals surface area contributed by atoms with E-state index in [1.54, 1.807) is 13.0 Å². The normalized spacial score (nSPS) is 23.1. The smallest absolute Gasteiger partial charge is 0.381 e. The Balaban J connectivity index is 1.50. The highest BCUT2D eigenvalue weighted by atomic mass is 19.4. The molecule has 2 aliphatic rings. The number of H-pyrrole nitrogens is 1. The molecule has 3 atom stereocenters. The highest BCUT2D eigenvalue weighted by Crippen LogP contribution is 2.44. The molecule has 2 aromatic carbocycles. The predicted molar refractivity (Wildman–Crippen MR) is 131 cm³/mol. The summed E-state index contributed by atoms with van der Waals surface area (Å²) in [5.74, 6) is -1.80. The maximum absolute atomic E-state index is 15.6. The number of halogens is 6. The van der Waals surface area contributed by atoms with Gasteiger partial charge in [0.15, 0.2) is 0 Å². The number of alkyl halides is 4. The monoisotopic (exact) mass is 524 g/mol. The van der Waals surface area contributed by atoms with Crippen LogP contribution in [0.5, 0.6) is 0 Å². The quantitative estimate of drug-likeness (QED) is 0.362. The summed E-state index contributed by atoms with van der Waals surface area (Å²) in [6.45, 7) is 1.99. The maximum atomic E-state index is 15.6. The third-order valence-corrected chi connectivity index (χ3v) is 7.48. The lowest BCUT2D eigenvalue weighted by molar-refractivity contribution is -0.155. The van der Waals surface area contributed by atoms with Gasteiger partial charge in [-0.15, -0.1) is 0 Å². The van der Waals surface area contributed by atoms with Crippen LogP contribution in [0.15, 0.2) is 36.4 Å². The van der Waals surface area contributed by atoms with Gasteiger partial charge in [0.25, 0.3) is 0 Å². The molecule has 3 heterocycles. The van der Waals surface area contributed by atoms with Crippen LogP contribution in [-0.4, -0.2) is 65.9 Å². The maximum Gasteiger partial charge on any atom is 0.401 e. The van der Waals surface area contributed by atoms with Crippen molar-refractivity contribution in [3.63, 3.8) is 0 Å². The first-order valence-corrected chi connectivity index (χ1v) is 12.6. The lowest BCUT2D eigenvalue weighted by atomic mass is 9.88. The number of hydrogen-bond acceptors (Lipinski definition) is 3. The molecule has 37 heavy (non-hydrogen) atoms. The van der Waals surface area contributed by atoms with E-state index in [1.165, 1.54) is 0 Å². The molecule has 2 N–H and O–H groups in total. The van der Waals surface area contributed by atoms with Gasteiger partial charge in [0.2, 0.25) is 0 Å². The first-order chi connectivity index (χ1) is 17.6. The molecule has 1 saturated heterocycles. The van der Waals surface area contributed by atoms with Gasteiger partial charge in [-0.25, -0.2) is 8.78 Å². The van der Waals surface area contributed by atoms with Crippen LogP contribution in [0.2, 0.25) is 0 Å². The Morgan fingerprint density at radius 3 is 2.54 bits per heavy atom. The topological polar surface area (TPSA) is 34.3 Å². The lowest BCUT2D eigenvalue weighted by Gasteiger charge is -2.41. The van der Waals surface area contributed by atoms with Crippen LogP contribution in [0.25, 0.3) is 10.9 Å². The van der Waals surface area contributed by atoms with Gasteiger partial charge in [-0.1, -0.05) is 18.2 Å². The zero-order chi connectivity index (χ0) is 26.3. The summed E-state index contributed by atoms with van der Waals surface area (Å²) in [6.07, 6.45) is -3.03. The fourth-order valence-corrected chi connectivity index (χ4v) is 5.87. The fraction of sp³-hybridized carbons (Fsp3) is 0.481. The second kappa shape index (κ2) is 10.2. The van der Waals surface area contributed by atoms with Crippen LogP contribution in [-0.2, 0) is 6.42 Å². The zero-order valence-corrected chi connectivity index (χ0v) is 20.5. The molecule has 5 rings (SSSR count). The number of nitrogens with one attached hydrogen (secondary N) is 2. The molecule has 0 amide bonds. The summed E-state index contributed by atoms with van der Waals surface area (Å²) >= 11 is 0. The number of aromatic amines is 1. The van der Waals surface area contributed by atoms with Gasteiger partial charge in [-0.05, 0) is 49.9 Å². The van der Waals surface area contributed by atoms with Crippen molar-refractivity contribution in [3.8, 4) is 0 Å². The van der Waals surface area contributed by atoms with Crippen molar-refractivity contribution in [1.29, 1.82) is 0 Å². The standard InChI is InChI=1S/C27H30F6N4/c1-16-11-20-19-5-2-3-6-23(19)35-25(20)26(37(16)15-27(31,32)33)24-21(29)12-18(13-22(24)30)34-17-7-10-36(14-17)9-4-8-28/h2-3,5-6,12-13,16-17,26,34-35H,4,7-11,14-15H2,1H3/t16-,17-,26+/m1/s1. The first-order valence-electron chi connectivity index (χ1n) is 12.6. The minimum atomic E-state index is -4.54. The lowest BCUT2D eigenvalue weighted by Crippen LogP contribution is -2.47. The van der Waals surface area contributed by atoms with Gasteiger partial charge < -0.3 is 15.2 Å².